The van der Waals surface area contributed by atoms with Crippen molar-refractivity contribution in [2.45, 2.75) is 39.5 Å². The number of ether oxygens (including phenoxy) is 1. The molecule has 0 radical (unpaired) electrons. The van der Waals surface area contributed by atoms with Gasteiger partial charge < -0.3 is 15.4 Å². The Morgan fingerprint density at radius 3 is 2.59 bits per heavy atom. The number of nitrogens with zero attached hydrogens (tertiary/aromatic N) is 1. The van der Waals surface area contributed by atoms with Gasteiger partial charge in [-0.3, -0.25) is 4.99 Å². The van der Waals surface area contributed by atoms with Crippen molar-refractivity contribution < 1.29 is 4.74 Å². The van der Waals surface area contributed by atoms with Crippen LogP contribution in [0.15, 0.2) is 4.99 Å². The van der Waals surface area contributed by atoms with E-state index in [-0.39, 0.29) is 0 Å². The molecule has 1 rings (SSSR count). The SMILES string of the molecule is CCNC(=NCC1(C)CCCC1)NCCOC. The Balaban J connectivity index is 2.38. The van der Waals surface area contributed by atoms with Gasteiger partial charge in [0.05, 0.1) is 6.61 Å². The average Bonchev–Trinajstić information content (AvgIpc) is 2.74. The zero-order valence-corrected chi connectivity index (χ0v) is 11.5. The Labute approximate surface area is 105 Å². The summed E-state index contributed by atoms with van der Waals surface area (Å²) in [5.41, 5.74) is 0.420. The molecule has 0 aromatic carbocycles. The van der Waals surface area contributed by atoms with Gasteiger partial charge in [0.15, 0.2) is 5.96 Å². The predicted octanol–water partition coefficient (Wildman–Crippen LogP) is 1.77. The largest absolute Gasteiger partial charge is 0.383 e. The number of rotatable bonds is 6. The zero-order valence-electron chi connectivity index (χ0n) is 11.5. The minimum atomic E-state index is 0.420. The lowest BCUT2D eigenvalue weighted by Gasteiger charge is -2.21. The smallest absolute Gasteiger partial charge is 0.191 e. The molecular formula is C13H27N3O. The van der Waals surface area contributed by atoms with Crippen LogP contribution in [0.2, 0.25) is 0 Å². The second-order valence-corrected chi connectivity index (χ2v) is 5.13. The quantitative estimate of drug-likeness (QED) is 0.423. The van der Waals surface area contributed by atoms with Crippen LogP contribution in [0.5, 0.6) is 0 Å². The first-order chi connectivity index (χ1) is 8.20. The van der Waals surface area contributed by atoms with Crippen LogP contribution >= 0.6 is 0 Å². The van der Waals surface area contributed by atoms with E-state index >= 15 is 0 Å². The maximum atomic E-state index is 5.02. The van der Waals surface area contributed by atoms with Crippen molar-refractivity contribution >= 4 is 5.96 Å². The minimum absolute atomic E-state index is 0.420. The highest BCUT2D eigenvalue weighted by Gasteiger charge is 2.28. The number of guanidine groups is 1. The molecule has 4 nitrogen and oxygen atoms in total. The summed E-state index contributed by atoms with van der Waals surface area (Å²) in [4.78, 5) is 4.68. The summed E-state index contributed by atoms with van der Waals surface area (Å²) in [7, 11) is 1.71. The molecule has 0 aliphatic heterocycles. The summed E-state index contributed by atoms with van der Waals surface area (Å²) in [6, 6.07) is 0. The number of hydrogen-bond donors (Lipinski definition) is 2. The topological polar surface area (TPSA) is 45.7 Å². The van der Waals surface area contributed by atoms with E-state index in [0.717, 1.165) is 25.6 Å². The maximum Gasteiger partial charge on any atom is 0.191 e. The third kappa shape index (κ3) is 5.39. The minimum Gasteiger partial charge on any atom is -0.383 e. The number of aliphatic imine (C=N–C) groups is 1. The van der Waals surface area contributed by atoms with Crippen molar-refractivity contribution in [2.75, 3.05) is 33.4 Å². The summed E-state index contributed by atoms with van der Waals surface area (Å²) < 4.78 is 5.02. The standard InChI is InChI=1S/C13H27N3O/c1-4-14-12(15-9-10-17-3)16-11-13(2)7-5-6-8-13/h4-11H2,1-3H3,(H2,14,15,16). The van der Waals surface area contributed by atoms with Crippen LogP contribution in [0.3, 0.4) is 0 Å². The molecule has 1 aliphatic rings. The van der Waals surface area contributed by atoms with Gasteiger partial charge in [-0.05, 0) is 25.2 Å². The molecule has 0 atom stereocenters. The Hall–Kier alpha value is -0.770. The molecule has 0 amide bonds. The van der Waals surface area contributed by atoms with Gasteiger partial charge in [0.25, 0.3) is 0 Å². The fourth-order valence-corrected chi connectivity index (χ4v) is 2.27. The fraction of sp³-hybridized carbons (Fsp3) is 0.923. The van der Waals surface area contributed by atoms with Gasteiger partial charge in [-0.15, -0.1) is 0 Å². The first kappa shape index (κ1) is 14.3. The van der Waals surface area contributed by atoms with E-state index in [1.54, 1.807) is 7.11 Å². The van der Waals surface area contributed by atoms with Crippen LogP contribution < -0.4 is 10.6 Å². The van der Waals surface area contributed by atoms with Crippen LogP contribution in [0, 0.1) is 5.41 Å². The van der Waals surface area contributed by atoms with Crippen molar-refractivity contribution in [3.8, 4) is 0 Å². The summed E-state index contributed by atoms with van der Waals surface area (Å²) in [5.74, 6) is 0.915. The predicted molar refractivity (Wildman–Crippen MR) is 72.4 cm³/mol. The van der Waals surface area contributed by atoms with Gasteiger partial charge in [-0.1, -0.05) is 19.8 Å². The molecule has 17 heavy (non-hydrogen) atoms. The van der Waals surface area contributed by atoms with Gasteiger partial charge in [-0.25, -0.2) is 0 Å². The lowest BCUT2D eigenvalue weighted by molar-refractivity contribution is 0.203. The van der Waals surface area contributed by atoms with Crippen LogP contribution in [0.4, 0.5) is 0 Å². The van der Waals surface area contributed by atoms with Gasteiger partial charge >= 0.3 is 0 Å². The Morgan fingerprint density at radius 1 is 1.29 bits per heavy atom. The highest BCUT2D eigenvalue weighted by Crippen LogP contribution is 2.37. The lowest BCUT2D eigenvalue weighted by Crippen LogP contribution is -2.39. The van der Waals surface area contributed by atoms with Crippen molar-refractivity contribution in [1.29, 1.82) is 0 Å². The van der Waals surface area contributed by atoms with Crippen molar-refractivity contribution in [1.82, 2.24) is 10.6 Å². The Kier molecular flexibility index (Phi) is 6.34. The number of methoxy groups -OCH3 is 1. The summed E-state index contributed by atoms with van der Waals surface area (Å²) >= 11 is 0. The summed E-state index contributed by atoms with van der Waals surface area (Å²) in [6.07, 6.45) is 5.35. The van der Waals surface area contributed by atoms with Gasteiger partial charge in [0.1, 0.15) is 0 Å². The molecule has 0 saturated heterocycles. The lowest BCUT2D eigenvalue weighted by atomic mass is 9.89. The molecule has 1 fully saturated rings. The molecule has 2 N–H and O–H groups in total. The van der Waals surface area contributed by atoms with Gasteiger partial charge in [-0.2, -0.15) is 0 Å². The monoisotopic (exact) mass is 241 g/mol. The zero-order chi connectivity index (χ0) is 12.6. The van der Waals surface area contributed by atoms with Crippen LogP contribution in [0.25, 0.3) is 0 Å². The molecule has 0 heterocycles. The van der Waals surface area contributed by atoms with E-state index in [4.69, 9.17) is 4.74 Å². The highest BCUT2D eigenvalue weighted by atomic mass is 16.5. The van der Waals surface area contributed by atoms with E-state index in [0.29, 0.717) is 12.0 Å². The number of hydrogen-bond acceptors (Lipinski definition) is 2. The molecule has 0 bridgehead atoms. The summed E-state index contributed by atoms with van der Waals surface area (Å²) in [6.45, 7) is 7.78. The average molecular weight is 241 g/mol. The Morgan fingerprint density at radius 2 is 2.00 bits per heavy atom. The molecular weight excluding hydrogens is 214 g/mol. The molecule has 0 spiro atoms. The third-order valence-electron chi connectivity index (χ3n) is 3.37. The van der Waals surface area contributed by atoms with E-state index in [2.05, 4.69) is 29.5 Å². The number of nitrogens with one attached hydrogen (secondary N) is 2. The third-order valence-corrected chi connectivity index (χ3v) is 3.37. The molecule has 1 saturated carbocycles. The summed E-state index contributed by atoms with van der Waals surface area (Å²) in [5, 5.41) is 6.54. The Bertz CT molecular complexity index is 235. The molecule has 0 aromatic heterocycles. The van der Waals surface area contributed by atoms with E-state index in [1.165, 1.54) is 25.7 Å². The molecule has 0 unspecified atom stereocenters. The molecule has 1 aliphatic carbocycles. The second-order valence-electron chi connectivity index (χ2n) is 5.13. The van der Waals surface area contributed by atoms with E-state index in [9.17, 15) is 0 Å². The van der Waals surface area contributed by atoms with Crippen molar-refractivity contribution in [2.24, 2.45) is 10.4 Å². The molecule has 4 heteroatoms. The van der Waals surface area contributed by atoms with E-state index in [1.807, 2.05) is 0 Å². The van der Waals surface area contributed by atoms with Gasteiger partial charge in [0, 0.05) is 26.7 Å². The first-order valence-corrected chi connectivity index (χ1v) is 6.71. The normalized spacial score (nSPS) is 19.4. The first-order valence-electron chi connectivity index (χ1n) is 6.71. The maximum absolute atomic E-state index is 5.02. The van der Waals surface area contributed by atoms with Crippen LogP contribution in [0.1, 0.15) is 39.5 Å². The molecule has 100 valence electrons. The molecule has 0 aromatic rings. The highest BCUT2D eigenvalue weighted by molar-refractivity contribution is 5.79. The second kappa shape index (κ2) is 7.54. The van der Waals surface area contributed by atoms with E-state index < -0.39 is 0 Å². The van der Waals surface area contributed by atoms with Gasteiger partial charge in [0.2, 0.25) is 0 Å². The van der Waals surface area contributed by atoms with Crippen molar-refractivity contribution in [3.05, 3.63) is 0 Å². The van der Waals surface area contributed by atoms with Crippen molar-refractivity contribution in [3.63, 3.8) is 0 Å². The fourth-order valence-electron chi connectivity index (χ4n) is 2.27. The van der Waals surface area contributed by atoms with Crippen LogP contribution in [-0.2, 0) is 4.74 Å². The van der Waals surface area contributed by atoms with Crippen LogP contribution in [-0.4, -0.2) is 39.3 Å².